The van der Waals surface area contributed by atoms with E-state index in [4.69, 9.17) is 0 Å². The average Bonchev–Trinajstić information content (AvgIpc) is 3.21. The van der Waals surface area contributed by atoms with Crippen LogP contribution >= 0.6 is 11.3 Å². The molecule has 0 atom stereocenters. The molecule has 0 saturated carbocycles. The fourth-order valence-corrected chi connectivity index (χ4v) is 3.58. The highest BCUT2D eigenvalue weighted by atomic mass is 32.1. The van der Waals surface area contributed by atoms with Crippen molar-refractivity contribution in [2.45, 2.75) is 33.4 Å². The zero-order valence-corrected chi connectivity index (χ0v) is 14.7. The van der Waals surface area contributed by atoms with Crippen molar-refractivity contribution in [3.05, 3.63) is 57.9 Å². The first-order chi connectivity index (χ1) is 11.6. The number of amides is 1. The van der Waals surface area contributed by atoms with E-state index in [1.165, 1.54) is 0 Å². The number of hydrogen-bond donors (Lipinski definition) is 1. The SMILES string of the molecule is CCc1cccc2c(C(C)=O)cn(CC(=O)NCc3cccs3)c12. The maximum absolute atomic E-state index is 12.3. The van der Waals surface area contributed by atoms with E-state index in [0.717, 1.165) is 27.8 Å². The third-order valence-corrected chi connectivity index (χ3v) is 4.97. The van der Waals surface area contributed by atoms with Crippen molar-refractivity contribution < 1.29 is 9.59 Å². The zero-order valence-electron chi connectivity index (χ0n) is 13.8. The minimum atomic E-state index is -0.0543. The molecule has 124 valence electrons. The van der Waals surface area contributed by atoms with Gasteiger partial charge in [-0.2, -0.15) is 0 Å². The summed E-state index contributed by atoms with van der Waals surface area (Å²) in [5.41, 5.74) is 2.80. The van der Waals surface area contributed by atoms with Gasteiger partial charge in [-0.15, -0.1) is 11.3 Å². The summed E-state index contributed by atoms with van der Waals surface area (Å²) in [5, 5.41) is 5.86. The molecule has 1 amide bonds. The minimum Gasteiger partial charge on any atom is -0.350 e. The van der Waals surface area contributed by atoms with Crippen molar-refractivity contribution in [2.75, 3.05) is 0 Å². The van der Waals surface area contributed by atoms with Crippen LogP contribution in [0.25, 0.3) is 10.9 Å². The Morgan fingerprint density at radius 3 is 2.71 bits per heavy atom. The summed E-state index contributed by atoms with van der Waals surface area (Å²) < 4.78 is 1.90. The standard InChI is InChI=1S/C19H20N2O2S/c1-3-14-6-4-8-16-17(13(2)22)11-21(19(14)16)12-18(23)20-10-15-7-5-9-24-15/h4-9,11H,3,10,12H2,1-2H3,(H,20,23). The lowest BCUT2D eigenvalue weighted by molar-refractivity contribution is -0.121. The van der Waals surface area contributed by atoms with Crippen molar-refractivity contribution >= 4 is 33.9 Å². The van der Waals surface area contributed by atoms with E-state index >= 15 is 0 Å². The van der Waals surface area contributed by atoms with Gasteiger partial charge in [0.15, 0.2) is 5.78 Å². The Labute approximate surface area is 145 Å². The molecule has 0 unspecified atom stereocenters. The molecule has 0 aliphatic rings. The van der Waals surface area contributed by atoms with Crippen molar-refractivity contribution in [3.63, 3.8) is 0 Å². The Morgan fingerprint density at radius 1 is 1.21 bits per heavy atom. The Kier molecular flexibility index (Phi) is 4.81. The number of carbonyl (C=O) groups is 2. The predicted octanol–water partition coefficient (Wildman–Crippen LogP) is 3.78. The van der Waals surface area contributed by atoms with Gasteiger partial charge in [-0.3, -0.25) is 9.59 Å². The van der Waals surface area contributed by atoms with Crippen LogP contribution in [0.4, 0.5) is 0 Å². The van der Waals surface area contributed by atoms with Crippen molar-refractivity contribution in [1.29, 1.82) is 0 Å². The smallest absolute Gasteiger partial charge is 0.240 e. The van der Waals surface area contributed by atoms with Gasteiger partial charge in [0, 0.05) is 22.0 Å². The van der Waals surface area contributed by atoms with Gasteiger partial charge in [0.1, 0.15) is 6.54 Å². The first-order valence-corrected chi connectivity index (χ1v) is 8.89. The number of carbonyl (C=O) groups excluding carboxylic acids is 2. The molecule has 0 saturated heterocycles. The second-order valence-electron chi connectivity index (χ2n) is 5.75. The van der Waals surface area contributed by atoms with Crippen LogP contribution in [-0.4, -0.2) is 16.3 Å². The van der Waals surface area contributed by atoms with E-state index in [1.807, 2.05) is 40.3 Å². The summed E-state index contributed by atoms with van der Waals surface area (Å²) in [6, 6.07) is 9.93. The molecular weight excluding hydrogens is 320 g/mol. The van der Waals surface area contributed by atoms with Gasteiger partial charge >= 0.3 is 0 Å². The van der Waals surface area contributed by atoms with E-state index in [2.05, 4.69) is 12.2 Å². The number of aromatic nitrogens is 1. The number of nitrogens with zero attached hydrogens (tertiary/aromatic N) is 1. The van der Waals surface area contributed by atoms with Crippen LogP contribution in [0, 0.1) is 0 Å². The van der Waals surface area contributed by atoms with Gasteiger partial charge in [-0.05, 0) is 30.4 Å². The number of benzene rings is 1. The third kappa shape index (κ3) is 3.26. The van der Waals surface area contributed by atoms with Gasteiger partial charge in [0.25, 0.3) is 0 Å². The summed E-state index contributed by atoms with van der Waals surface area (Å²) >= 11 is 1.62. The maximum Gasteiger partial charge on any atom is 0.240 e. The third-order valence-electron chi connectivity index (χ3n) is 4.10. The predicted molar refractivity (Wildman–Crippen MR) is 97.5 cm³/mol. The van der Waals surface area contributed by atoms with Crippen LogP contribution in [0.1, 0.15) is 34.6 Å². The molecule has 0 aliphatic heterocycles. The molecule has 0 aliphatic carbocycles. The van der Waals surface area contributed by atoms with Gasteiger partial charge in [-0.25, -0.2) is 0 Å². The lowest BCUT2D eigenvalue weighted by atomic mass is 10.1. The number of fused-ring (bicyclic) bond motifs is 1. The first kappa shape index (κ1) is 16.5. The number of ketones is 1. The number of thiophene rings is 1. The first-order valence-electron chi connectivity index (χ1n) is 8.01. The molecule has 0 fully saturated rings. The molecule has 1 N–H and O–H groups in total. The highest BCUT2D eigenvalue weighted by molar-refractivity contribution is 7.09. The summed E-state index contributed by atoms with van der Waals surface area (Å²) in [5.74, 6) is -0.0349. The molecule has 24 heavy (non-hydrogen) atoms. The van der Waals surface area contributed by atoms with Crippen LogP contribution in [0.15, 0.2) is 41.9 Å². The fraction of sp³-hybridized carbons (Fsp3) is 0.263. The van der Waals surface area contributed by atoms with Gasteiger partial charge in [0.2, 0.25) is 5.91 Å². The maximum atomic E-state index is 12.3. The number of Topliss-reactive ketones (excluding diaryl/α,β-unsaturated/α-hetero) is 1. The Morgan fingerprint density at radius 2 is 2.04 bits per heavy atom. The molecule has 2 heterocycles. The highest BCUT2D eigenvalue weighted by Crippen LogP contribution is 2.25. The topological polar surface area (TPSA) is 51.1 Å². The van der Waals surface area contributed by atoms with Crippen LogP contribution in [0.3, 0.4) is 0 Å². The van der Waals surface area contributed by atoms with Crippen LogP contribution in [0.2, 0.25) is 0 Å². The van der Waals surface area contributed by atoms with E-state index in [1.54, 1.807) is 24.5 Å². The number of nitrogens with one attached hydrogen (secondary N) is 1. The summed E-state index contributed by atoms with van der Waals surface area (Å²) in [6.07, 6.45) is 2.66. The van der Waals surface area contributed by atoms with Crippen molar-refractivity contribution in [1.82, 2.24) is 9.88 Å². The van der Waals surface area contributed by atoms with Crippen LogP contribution < -0.4 is 5.32 Å². The van der Waals surface area contributed by atoms with Gasteiger partial charge in [0.05, 0.1) is 12.1 Å². The number of aryl methyl sites for hydroxylation is 1. The molecule has 0 spiro atoms. The number of rotatable bonds is 6. The minimum absolute atomic E-state index is 0.0194. The molecule has 1 aromatic carbocycles. The van der Waals surface area contributed by atoms with Gasteiger partial charge in [-0.1, -0.05) is 31.2 Å². The van der Waals surface area contributed by atoms with Crippen molar-refractivity contribution in [2.24, 2.45) is 0 Å². The molecule has 0 bridgehead atoms. The molecule has 3 rings (SSSR count). The van der Waals surface area contributed by atoms with E-state index in [-0.39, 0.29) is 18.2 Å². The summed E-state index contributed by atoms with van der Waals surface area (Å²) in [4.78, 5) is 25.4. The molecular formula is C19H20N2O2S. The lowest BCUT2D eigenvalue weighted by Crippen LogP contribution is -2.26. The largest absolute Gasteiger partial charge is 0.350 e. The second kappa shape index (κ2) is 7.01. The Hall–Kier alpha value is -2.40. The summed E-state index contributed by atoms with van der Waals surface area (Å²) in [7, 11) is 0. The monoisotopic (exact) mass is 340 g/mol. The quantitative estimate of drug-likeness (QED) is 0.694. The molecule has 3 aromatic rings. The molecule has 2 aromatic heterocycles. The van der Waals surface area contributed by atoms with E-state index < -0.39 is 0 Å². The molecule has 0 radical (unpaired) electrons. The fourth-order valence-electron chi connectivity index (χ4n) is 2.94. The average molecular weight is 340 g/mol. The second-order valence-corrected chi connectivity index (χ2v) is 6.78. The highest BCUT2D eigenvalue weighted by Gasteiger charge is 2.16. The lowest BCUT2D eigenvalue weighted by Gasteiger charge is -2.09. The van der Waals surface area contributed by atoms with E-state index in [9.17, 15) is 9.59 Å². The van der Waals surface area contributed by atoms with Gasteiger partial charge < -0.3 is 9.88 Å². The van der Waals surface area contributed by atoms with E-state index in [0.29, 0.717) is 12.1 Å². The Bertz CT molecular complexity index is 878. The summed E-state index contributed by atoms with van der Waals surface area (Å²) in [6.45, 7) is 4.40. The Balaban J connectivity index is 1.88. The zero-order chi connectivity index (χ0) is 17.1. The van der Waals surface area contributed by atoms with Crippen LogP contribution in [0.5, 0.6) is 0 Å². The van der Waals surface area contributed by atoms with Crippen LogP contribution in [-0.2, 0) is 24.3 Å². The molecule has 5 heteroatoms. The number of para-hydroxylation sites is 1. The number of hydrogen-bond acceptors (Lipinski definition) is 3. The normalized spacial score (nSPS) is 10.9. The molecule has 4 nitrogen and oxygen atoms in total. The van der Waals surface area contributed by atoms with Crippen molar-refractivity contribution in [3.8, 4) is 0 Å².